The minimum Gasteiger partial charge on any atom is -0.325 e. The normalized spacial score (nSPS) is 19.5. The number of hydrogen-bond acceptors (Lipinski definition) is 4. The van der Waals surface area contributed by atoms with Gasteiger partial charge in [0.15, 0.2) is 0 Å². The first-order valence-corrected chi connectivity index (χ1v) is 6.45. The summed E-state index contributed by atoms with van der Waals surface area (Å²) in [5.74, 6) is -0.0734. The average Bonchev–Trinajstić information content (AvgIpc) is 2.68. The number of anilines is 1. The molecule has 2 N–H and O–H groups in total. The van der Waals surface area contributed by atoms with Crippen LogP contribution in [0, 0.1) is 10.1 Å². The first kappa shape index (κ1) is 13.5. The zero-order chi connectivity index (χ0) is 13.7. The van der Waals surface area contributed by atoms with E-state index in [4.69, 9.17) is 0 Å². The van der Waals surface area contributed by atoms with Gasteiger partial charge in [0, 0.05) is 17.8 Å². The molecule has 1 aromatic rings. The Morgan fingerprint density at radius 3 is 2.68 bits per heavy atom. The van der Waals surface area contributed by atoms with Gasteiger partial charge < -0.3 is 10.6 Å². The highest BCUT2D eigenvalue weighted by Gasteiger charge is 2.19. The number of nitro groups is 1. The highest BCUT2D eigenvalue weighted by atomic mass is 16.6. The van der Waals surface area contributed by atoms with Crippen LogP contribution >= 0.6 is 0 Å². The number of carbonyl (C=O) groups is 1. The van der Waals surface area contributed by atoms with Crippen LogP contribution in [0.25, 0.3) is 0 Å². The van der Waals surface area contributed by atoms with Gasteiger partial charge in [-0.3, -0.25) is 14.9 Å². The lowest BCUT2D eigenvalue weighted by molar-refractivity contribution is -0.384. The van der Waals surface area contributed by atoms with E-state index < -0.39 is 4.92 Å². The molecule has 0 aliphatic carbocycles. The van der Waals surface area contributed by atoms with E-state index in [1.165, 1.54) is 12.1 Å². The van der Waals surface area contributed by atoms with Crippen LogP contribution in [0.15, 0.2) is 24.3 Å². The van der Waals surface area contributed by atoms with Gasteiger partial charge in [-0.15, -0.1) is 0 Å². The summed E-state index contributed by atoms with van der Waals surface area (Å²) in [7, 11) is 0. The van der Waals surface area contributed by atoms with Crippen molar-refractivity contribution in [1.82, 2.24) is 5.32 Å². The van der Waals surface area contributed by atoms with Crippen molar-refractivity contribution in [2.24, 2.45) is 0 Å². The van der Waals surface area contributed by atoms with E-state index in [0.29, 0.717) is 5.69 Å². The van der Waals surface area contributed by atoms with Crippen LogP contribution in [0.5, 0.6) is 0 Å². The van der Waals surface area contributed by atoms with Crippen LogP contribution in [0.4, 0.5) is 11.4 Å². The van der Waals surface area contributed by atoms with E-state index in [1.807, 2.05) is 0 Å². The molecule has 1 fully saturated rings. The van der Waals surface area contributed by atoms with Crippen LogP contribution < -0.4 is 10.6 Å². The number of nitrogens with one attached hydrogen (secondary N) is 2. The first-order valence-electron chi connectivity index (χ1n) is 6.45. The zero-order valence-corrected chi connectivity index (χ0v) is 10.6. The number of non-ortho nitro benzene ring substituents is 1. The van der Waals surface area contributed by atoms with Crippen LogP contribution in [0.1, 0.15) is 25.7 Å². The molecule has 1 atom stereocenters. The predicted octanol–water partition coefficient (Wildman–Crippen LogP) is 2.07. The Kier molecular flexibility index (Phi) is 4.46. The van der Waals surface area contributed by atoms with Crippen molar-refractivity contribution < 1.29 is 9.72 Å². The Labute approximate surface area is 111 Å². The highest BCUT2D eigenvalue weighted by Crippen LogP contribution is 2.16. The standard InChI is InChI=1S/C13H17N3O3/c17-13(12-4-2-1-3-9-14-12)15-10-5-7-11(8-6-10)16(18)19/h5-8,12,14H,1-4,9H2,(H,15,17). The molecule has 0 saturated carbocycles. The van der Waals surface area contributed by atoms with Gasteiger partial charge in [-0.25, -0.2) is 0 Å². The Hall–Kier alpha value is -1.95. The van der Waals surface area contributed by atoms with Gasteiger partial charge in [0.1, 0.15) is 0 Å². The van der Waals surface area contributed by atoms with Gasteiger partial charge in [-0.1, -0.05) is 12.8 Å². The largest absolute Gasteiger partial charge is 0.325 e. The molecule has 1 aromatic carbocycles. The second-order valence-electron chi connectivity index (χ2n) is 4.65. The van der Waals surface area contributed by atoms with Crippen LogP contribution in [0.2, 0.25) is 0 Å². The maximum Gasteiger partial charge on any atom is 0.269 e. The van der Waals surface area contributed by atoms with E-state index in [-0.39, 0.29) is 17.6 Å². The number of amides is 1. The smallest absolute Gasteiger partial charge is 0.269 e. The van der Waals surface area contributed by atoms with Crippen LogP contribution in [-0.2, 0) is 4.79 Å². The molecule has 19 heavy (non-hydrogen) atoms. The number of benzene rings is 1. The van der Waals surface area contributed by atoms with Gasteiger partial charge in [0.2, 0.25) is 5.91 Å². The molecule has 0 bridgehead atoms. The maximum absolute atomic E-state index is 12.0. The molecule has 1 heterocycles. The molecule has 1 amide bonds. The maximum atomic E-state index is 12.0. The molecule has 1 aliphatic heterocycles. The van der Waals surface area contributed by atoms with E-state index >= 15 is 0 Å². The van der Waals surface area contributed by atoms with Crippen molar-refractivity contribution >= 4 is 17.3 Å². The monoisotopic (exact) mass is 263 g/mol. The number of hydrogen-bond donors (Lipinski definition) is 2. The van der Waals surface area contributed by atoms with Gasteiger partial charge in [-0.05, 0) is 31.5 Å². The van der Waals surface area contributed by atoms with Gasteiger partial charge in [0.05, 0.1) is 11.0 Å². The molecule has 1 aliphatic rings. The third kappa shape index (κ3) is 3.75. The molecule has 1 saturated heterocycles. The summed E-state index contributed by atoms with van der Waals surface area (Å²) >= 11 is 0. The van der Waals surface area contributed by atoms with Crippen molar-refractivity contribution in [3.8, 4) is 0 Å². The lowest BCUT2D eigenvalue weighted by atomic mass is 10.1. The van der Waals surface area contributed by atoms with E-state index in [0.717, 1.165) is 32.2 Å². The molecule has 102 valence electrons. The molecule has 0 aromatic heterocycles. The fourth-order valence-electron chi connectivity index (χ4n) is 2.15. The number of nitrogens with zero attached hydrogens (tertiary/aromatic N) is 1. The van der Waals surface area contributed by atoms with Crippen molar-refractivity contribution in [1.29, 1.82) is 0 Å². The zero-order valence-electron chi connectivity index (χ0n) is 10.6. The topological polar surface area (TPSA) is 84.3 Å². The fraction of sp³-hybridized carbons (Fsp3) is 0.462. The summed E-state index contributed by atoms with van der Waals surface area (Å²) in [6.07, 6.45) is 4.12. The fourth-order valence-corrected chi connectivity index (χ4v) is 2.15. The minimum absolute atomic E-state index is 0.0191. The Balaban J connectivity index is 1.95. The molecule has 0 spiro atoms. The summed E-state index contributed by atoms with van der Waals surface area (Å²) in [6, 6.07) is 5.70. The van der Waals surface area contributed by atoms with Crippen molar-refractivity contribution in [3.05, 3.63) is 34.4 Å². The summed E-state index contributed by atoms with van der Waals surface area (Å²) in [6.45, 7) is 0.859. The van der Waals surface area contributed by atoms with Crippen molar-refractivity contribution in [2.75, 3.05) is 11.9 Å². The molecule has 0 radical (unpaired) electrons. The minimum atomic E-state index is -0.460. The molecule has 6 nitrogen and oxygen atoms in total. The van der Waals surface area contributed by atoms with Gasteiger partial charge >= 0.3 is 0 Å². The summed E-state index contributed by atoms with van der Waals surface area (Å²) in [5, 5.41) is 16.5. The Bertz CT molecular complexity index is 451. The van der Waals surface area contributed by atoms with Crippen molar-refractivity contribution in [3.63, 3.8) is 0 Å². The van der Waals surface area contributed by atoms with Gasteiger partial charge in [-0.2, -0.15) is 0 Å². The van der Waals surface area contributed by atoms with E-state index in [2.05, 4.69) is 10.6 Å². The van der Waals surface area contributed by atoms with Crippen LogP contribution in [0.3, 0.4) is 0 Å². The summed E-state index contributed by atoms with van der Waals surface area (Å²) in [4.78, 5) is 22.1. The molecular formula is C13H17N3O3. The summed E-state index contributed by atoms with van der Waals surface area (Å²) < 4.78 is 0. The predicted molar refractivity (Wildman–Crippen MR) is 72.0 cm³/mol. The Morgan fingerprint density at radius 1 is 1.26 bits per heavy atom. The van der Waals surface area contributed by atoms with E-state index in [9.17, 15) is 14.9 Å². The Morgan fingerprint density at radius 2 is 2.00 bits per heavy atom. The SMILES string of the molecule is O=C(Nc1ccc([N+](=O)[O-])cc1)C1CCCCCN1. The summed E-state index contributed by atoms with van der Waals surface area (Å²) in [5.41, 5.74) is 0.604. The van der Waals surface area contributed by atoms with E-state index in [1.54, 1.807) is 12.1 Å². The molecule has 2 rings (SSSR count). The number of carbonyl (C=O) groups excluding carboxylic acids is 1. The van der Waals surface area contributed by atoms with Gasteiger partial charge in [0.25, 0.3) is 5.69 Å². The number of nitro benzene ring substituents is 1. The number of rotatable bonds is 3. The molecule has 6 heteroatoms. The lowest BCUT2D eigenvalue weighted by Crippen LogP contribution is -2.39. The second kappa shape index (κ2) is 6.29. The second-order valence-corrected chi connectivity index (χ2v) is 4.65. The third-order valence-corrected chi connectivity index (χ3v) is 3.22. The quantitative estimate of drug-likeness (QED) is 0.645. The molecule has 1 unspecified atom stereocenters. The lowest BCUT2D eigenvalue weighted by Gasteiger charge is -2.15. The molecular weight excluding hydrogens is 246 g/mol. The first-order chi connectivity index (χ1) is 9.16. The van der Waals surface area contributed by atoms with Crippen LogP contribution in [-0.4, -0.2) is 23.4 Å². The average molecular weight is 263 g/mol. The third-order valence-electron chi connectivity index (χ3n) is 3.22. The highest BCUT2D eigenvalue weighted by molar-refractivity contribution is 5.94. The van der Waals surface area contributed by atoms with Crippen molar-refractivity contribution in [2.45, 2.75) is 31.7 Å².